The number of rotatable bonds is 8. The van der Waals surface area contributed by atoms with Crippen LogP contribution in [0.3, 0.4) is 0 Å². The monoisotopic (exact) mass is 392 g/mol. The molecule has 27 heavy (non-hydrogen) atoms. The minimum absolute atomic E-state index is 0.0812. The smallest absolute Gasteiger partial charge is 0.222 e. The van der Waals surface area contributed by atoms with Crippen molar-refractivity contribution in [1.82, 2.24) is 30.0 Å². The third-order valence-electron chi connectivity index (χ3n) is 4.63. The number of carbonyl (C=O) groups is 1. The number of morpholine rings is 1. The van der Waals surface area contributed by atoms with Crippen LogP contribution in [0.1, 0.15) is 24.2 Å². The van der Waals surface area contributed by atoms with Crippen LogP contribution in [0.2, 0.25) is 5.02 Å². The molecule has 3 rings (SSSR count). The van der Waals surface area contributed by atoms with Crippen LogP contribution in [0.15, 0.2) is 24.3 Å². The molecule has 8 nitrogen and oxygen atoms in total. The number of hydrogen-bond donors (Lipinski definition) is 0. The molecule has 1 aliphatic heterocycles. The predicted molar refractivity (Wildman–Crippen MR) is 101 cm³/mol. The van der Waals surface area contributed by atoms with E-state index in [2.05, 4.69) is 20.4 Å². The quantitative estimate of drug-likeness (QED) is 0.679. The van der Waals surface area contributed by atoms with Gasteiger partial charge in [0.2, 0.25) is 5.91 Å². The molecule has 1 saturated heterocycles. The predicted octanol–water partition coefficient (Wildman–Crippen LogP) is 1.60. The van der Waals surface area contributed by atoms with Gasteiger partial charge in [0.05, 0.1) is 19.8 Å². The Bertz CT molecular complexity index is 747. The fourth-order valence-corrected chi connectivity index (χ4v) is 3.21. The fourth-order valence-electron chi connectivity index (χ4n) is 3.01. The molecule has 0 bridgehead atoms. The van der Waals surface area contributed by atoms with Crippen molar-refractivity contribution in [2.45, 2.75) is 32.5 Å². The Morgan fingerprint density at radius 1 is 1.30 bits per heavy atom. The number of carbonyl (C=O) groups excluding carboxylic acids is 1. The molecule has 1 fully saturated rings. The summed E-state index contributed by atoms with van der Waals surface area (Å²) in [6, 6.07) is 7.58. The zero-order valence-corrected chi connectivity index (χ0v) is 16.3. The summed E-state index contributed by atoms with van der Waals surface area (Å²) in [6.45, 7) is 5.10. The number of nitrogens with zero attached hydrogens (tertiary/aromatic N) is 6. The maximum atomic E-state index is 12.4. The highest BCUT2D eigenvalue weighted by atomic mass is 35.5. The topological polar surface area (TPSA) is 76.4 Å². The van der Waals surface area contributed by atoms with Crippen molar-refractivity contribution in [3.8, 4) is 0 Å². The van der Waals surface area contributed by atoms with Crippen molar-refractivity contribution in [3.05, 3.63) is 40.7 Å². The third kappa shape index (κ3) is 5.72. The van der Waals surface area contributed by atoms with E-state index in [9.17, 15) is 4.79 Å². The first-order valence-electron chi connectivity index (χ1n) is 9.16. The second-order valence-electron chi connectivity index (χ2n) is 6.65. The first-order valence-corrected chi connectivity index (χ1v) is 9.54. The van der Waals surface area contributed by atoms with E-state index in [1.807, 2.05) is 24.3 Å². The number of amides is 1. The Morgan fingerprint density at radius 3 is 2.85 bits per heavy atom. The summed E-state index contributed by atoms with van der Waals surface area (Å²) in [7, 11) is 1.80. The Kier molecular flexibility index (Phi) is 7.14. The summed E-state index contributed by atoms with van der Waals surface area (Å²) in [4.78, 5) is 16.4. The molecule has 146 valence electrons. The number of aryl methyl sites for hydroxylation is 1. The molecule has 9 heteroatoms. The van der Waals surface area contributed by atoms with Gasteiger partial charge in [0.1, 0.15) is 0 Å². The SMILES string of the molecule is CN(Cc1ccccc1Cl)C(=O)CCCn1nnnc1CN1CCOCC1. The Balaban J connectivity index is 1.44. The maximum absolute atomic E-state index is 12.4. The normalized spacial score (nSPS) is 15.0. The molecule has 0 saturated carbocycles. The minimum atomic E-state index is 0.0812. The molecule has 1 amide bonds. The number of ether oxygens (including phenoxy) is 1. The van der Waals surface area contributed by atoms with Crippen LogP contribution in [-0.4, -0.2) is 69.3 Å². The number of aromatic nitrogens is 4. The summed E-state index contributed by atoms with van der Waals surface area (Å²) >= 11 is 6.17. The lowest BCUT2D eigenvalue weighted by molar-refractivity contribution is -0.130. The number of hydrogen-bond acceptors (Lipinski definition) is 6. The summed E-state index contributed by atoms with van der Waals surface area (Å²) < 4.78 is 7.15. The average Bonchev–Trinajstić information content (AvgIpc) is 3.11. The zero-order valence-electron chi connectivity index (χ0n) is 15.6. The third-order valence-corrected chi connectivity index (χ3v) is 5.00. The molecule has 2 heterocycles. The van der Waals surface area contributed by atoms with Crippen molar-refractivity contribution in [2.75, 3.05) is 33.4 Å². The molecule has 0 spiro atoms. The van der Waals surface area contributed by atoms with E-state index in [1.54, 1.807) is 16.6 Å². The van der Waals surface area contributed by atoms with E-state index in [0.717, 1.165) is 37.7 Å². The first kappa shape index (κ1) is 19.7. The van der Waals surface area contributed by atoms with E-state index >= 15 is 0 Å². The van der Waals surface area contributed by atoms with Gasteiger partial charge in [-0.2, -0.15) is 0 Å². The lowest BCUT2D eigenvalue weighted by Gasteiger charge is -2.25. The molecule has 0 N–H and O–H groups in total. The standard InChI is InChI=1S/C18H25ClN6O2/c1-23(13-15-5-2-3-6-16(15)19)18(26)7-4-8-25-17(20-21-22-25)14-24-9-11-27-12-10-24/h2-3,5-6H,4,7-14H2,1H3. The van der Waals surface area contributed by atoms with E-state index < -0.39 is 0 Å². The number of benzene rings is 1. The van der Waals surface area contributed by atoms with Crippen molar-refractivity contribution < 1.29 is 9.53 Å². The van der Waals surface area contributed by atoms with E-state index in [-0.39, 0.29) is 5.91 Å². The Hall–Kier alpha value is -2.03. The van der Waals surface area contributed by atoms with Crippen LogP contribution in [0, 0.1) is 0 Å². The molecule has 1 aromatic carbocycles. The van der Waals surface area contributed by atoms with E-state index in [1.165, 1.54) is 0 Å². The average molecular weight is 393 g/mol. The van der Waals surface area contributed by atoms with Gasteiger partial charge < -0.3 is 9.64 Å². The van der Waals surface area contributed by atoms with Crippen LogP contribution < -0.4 is 0 Å². The molecular formula is C18H25ClN6O2. The summed E-state index contributed by atoms with van der Waals surface area (Å²) in [5.74, 6) is 0.909. The molecule has 1 aromatic heterocycles. The van der Waals surface area contributed by atoms with Crippen LogP contribution in [-0.2, 0) is 29.2 Å². The molecule has 0 radical (unpaired) electrons. The molecule has 0 unspecified atom stereocenters. The van der Waals surface area contributed by atoms with E-state index in [0.29, 0.717) is 37.5 Å². The van der Waals surface area contributed by atoms with Gasteiger partial charge in [-0.05, 0) is 28.5 Å². The van der Waals surface area contributed by atoms with Gasteiger partial charge in [-0.3, -0.25) is 9.69 Å². The Morgan fingerprint density at radius 2 is 2.07 bits per heavy atom. The summed E-state index contributed by atoms with van der Waals surface area (Å²) in [5.41, 5.74) is 0.947. The van der Waals surface area contributed by atoms with Gasteiger partial charge in [-0.25, -0.2) is 4.68 Å². The fraction of sp³-hybridized carbons (Fsp3) is 0.556. The zero-order chi connectivity index (χ0) is 19.1. The Labute approximate surface area is 164 Å². The van der Waals surface area contributed by atoms with Crippen LogP contribution in [0.25, 0.3) is 0 Å². The highest BCUT2D eigenvalue weighted by molar-refractivity contribution is 6.31. The lowest BCUT2D eigenvalue weighted by atomic mass is 10.2. The second-order valence-corrected chi connectivity index (χ2v) is 7.06. The second kappa shape index (κ2) is 9.77. The van der Waals surface area contributed by atoms with Crippen LogP contribution in [0.4, 0.5) is 0 Å². The molecule has 1 aliphatic rings. The number of tetrazole rings is 1. The van der Waals surface area contributed by atoms with Gasteiger partial charge in [-0.15, -0.1) is 5.10 Å². The first-order chi connectivity index (χ1) is 13.1. The lowest BCUT2D eigenvalue weighted by Crippen LogP contribution is -2.36. The van der Waals surface area contributed by atoms with E-state index in [4.69, 9.17) is 16.3 Å². The van der Waals surface area contributed by atoms with Crippen molar-refractivity contribution in [3.63, 3.8) is 0 Å². The minimum Gasteiger partial charge on any atom is -0.379 e. The van der Waals surface area contributed by atoms with Crippen LogP contribution in [0.5, 0.6) is 0 Å². The van der Waals surface area contributed by atoms with Crippen molar-refractivity contribution in [1.29, 1.82) is 0 Å². The highest BCUT2D eigenvalue weighted by Crippen LogP contribution is 2.17. The van der Waals surface area contributed by atoms with Crippen molar-refractivity contribution >= 4 is 17.5 Å². The highest BCUT2D eigenvalue weighted by Gasteiger charge is 2.16. The van der Waals surface area contributed by atoms with Gasteiger partial charge in [0.25, 0.3) is 0 Å². The largest absolute Gasteiger partial charge is 0.379 e. The van der Waals surface area contributed by atoms with Gasteiger partial charge >= 0.3 is 0 Å². The van der Waals surface area contributed by atoms with Gasteiger partial charge in [-0.1, -0.05) is 29.8 Å². The molecule has 2 aromatic rings. The summed E-state index contributed by atoms with van der Waals surface area (Å²) in [5, 5.41) is 12.6. The van der Waals surface area contributed by atoms with Crippen LogP contribution >= 0.6 is 11.6 Å². The number of halogens is 1. The van der Waals surface area contributed by atoms with Gasteiger partial charge in [0, 0.05) is 44.7 Å². The van der Waals surface area contributed by atoms with Gasteiger partial charge in [0.15, 0.2) is 5.82 Å². The molecule has 0 aliphatic carbocycles. The van der Waals surface area contributed by atoms with Crippen molar-refractivity contribution in [2.24, 2.45) is 0 Å². The molecule has 0 atom stereocenters. The maximum Gasteiger partial charge on any atom is 0.222 e. The molecular weight excluding hydrogens is 368 g/mol. The summed E-state index contributed by atoms with van der Waals surface area (Å²) in [6.07, 6.45) is 1.13.